The predicted molar refractivity (Wildman–Crippen MR) is 116 cm³/mol. The van der Waals surface area contributed by atoms with Crippen molar-refractivity contribution >= 4 is 11.6 Å². The minimum absolute atomic E-state index is 0.0192. The third-order valence-electron chi connectivity index (χ3n) is 5.36. The minimum atomic E-state index is -0.605. The molecule has 0 radical (unpaired) electrons. The van der Waals surface area contributed by atoms with Crippen LogP contribution in [0.5, 0.6) is 5.75 Å². The highest BCUT2D eigenvalue weighted by atomic mass is 35.5. The highest BCUT2D eigenvalue weighted by Crippen LogP contribution is 2.40. The Morgan fingerprint density at radius 3 is 2.53 bits per heavy atom. The smallest absolute Gasteiger partial charge is 0.258 e. The largest absolute Gasteiger partial charge is 0.440 e. The van der Waals surface area contributed by atoms with Gasteiger partial charge in [0.15, 0.2) is 0 Å². The Morgan fingerprint density at radius 1 is 1.17 bits per heavy atom. The maximum absolute atomic E-state index is 13.6. The molecule has 0 saturated carbocycles. The number of hydrogen-bond donors (Lipinski definition) is 1. The summed E-state index contributed by atoms with van der Waals surface area (Å²) in [4.78, 5) is 13.6. The molecule has 4 rings (SSSR count). The summed E-state index contributed by atoms with van der Waals surface area (Å²) in [5, 5.41) is 10.3. The van der Waals surface area contributed by atoms with Crippen molar-refractivity contribution in [3.05, 3.63) is 110 Å². The topological polar surface area (TPSA) is 81.0 Å². The average Bonchev–Trinajstić information content (AvgIpc) is 2.74. The molecule has 1 aliphatic rings. The molecule has 0 aliphatic carbocycles. The van der Waals surface area contributed by atoms with Gasteiger partial charge in [0, 0.05) is 23.3 Å². The zero-order chi connectivity index (χ0) is 21.3. The first-order chi connectivity index (χ1) is 14.5. The fourth-order valence-electron chi connectivity index (χ4n) is 3.84. The van der Waals surface area contributed by atoms with Crippen LogP contribution in [0, 0.1) is 18.3 Å². The molecule has 0 fully saturated rings. The van der Waals surface area contributed by atoms with Gasteiger partial charge in [0.05, 0.1) is 11.5 Å². The van der Waals surface area contributed by atoms with E-state index in [0.29, 0.717) is 22.9 Å². The molecule has 1 aliphatic heterocycles. The molecule has 1 unspecified atom stereocenters. The summed E-state index contributed by atoms with van der Waals surface area (Å²) in [6, 6.07) is 21.0. The normalized spacial score (nSPS) is 15.3. The van der Waals surface area contributed by atoms with E-state index in [4.69, 9.17) is 22.1 Å². The van der Waals surface area contributed by atoms with Crippen LogP contribution >= 0.6 is 11.6 Å². The molecule has 2 heterocycles. The number of allylic oxidation sites excluding steroid dienone is 1. The average molecular weight is 418 g/mol. The van der Waals surface area contributed by atoms with Crippen LogP contribution in [0.2, 0.25) is 5.02 Å². The summed E-state index contributed by atoms with van der Waals surface area (Å²) >= 11 is 6.03. The van der Waals surface area contributed by atoms with E-state index < -0.39 is 5.92 Å². The van der Waals surface area contributed by atoms with Crippen LogP contribution in [-0.2, 0) is 13.0 Å². The summed E-state index contributed by atoms with van der Waals surface area (Å²) in [5.74, 6) is -0.192. The van der Waals surface area contributed by atoms with Gasteiger partial charge in [-0.1, -0.05) is 54.1 Å². The number of aromatic nitrogens is 1. The Hall–Kier alpha value is -3.49. The second kappa shape index (κ2) is 8.10. The van der Waals surface area contributed by atoms with Gasteiger partial charge in [0.2, 0.25) is 5.88 Å². The number of nitrogens with zero attached hydrogens (tertiary/aromatic N) is 2. The first-order valence-electron chi connectivity index (χ1n) is 9.61. The van der Waals surface area contributed by atoms with E-state index in [9.17, 15) is 10.1 Å². The third kappa shape index (κ3) is 3.58. The monoisotopic (exact) mass is 417 g/mol. The summed E-state index contributed by atoms with van der Waals surface area (Å²) in [5.41, 5.74) is 9.18. The summed E-state index contributed by atoms with van der Waals surface area (Å²) in [6.07, 6.45) is 0.718. The molecule has 5 nitrogen and oxygen atoms in total. The van der Waals surface area contributed by atoms with Gasteiger partial charge in [-0.25, -0.2) is 0 Å². The lowest BCUT2D eigenvalue weighted by Crippen LogP contribution is -2.33. The zero-order valence-electron chi connectivity index (χ0n) is 16.4. The van der Waals surface area contributed by atoms with Gasteiger partial charge in [-0.3, -0.25) is 4.79 Å². The molecule has 1 atom stereocenters. The Bertz CT molecular complexity index is 1220. The molecule has 0 spiro atoms. The van der Waals surface area contributed by atoms with E-state index in [2.05, 4.69) is 6.07 Å². The number of pyridine rings is 1. The second-order valence-corrected chi connectivity index (χ2v) is 7.67. The molecular weight excluding hydrogens is 398 g/mol. The highest BCUT2D eigenvalue weighted by molar-refractivity contribution is 6.30. The van der Waals surface area contributed by atoms with E-state index in [0.717, 1.165) is 23.2 Å². The highest BCUT2D eigenvalue weighted by Gasteiger charge is 2.34. The molecule has 3 aromatic rings. The number of fused-ring (bicyclic) bond motifs is 1. The van der Waals surface area contributed by atoms with Gasteiger partial charge in [0.1, 0.15) is 17.4 Å². The number of rotatable bonds is 4. The van der Waals surface area contributed by atoms with E-state index in [1.165, 1.54) is 0 Å². The van der Waals surface area contributed by atoms with E-state index in [-0.39, 0.29) is 17.0 Å². The van der Waals surface area contributed by atoms with E-state index in [1.54, 1.807) is 28.8 Å². The predicted octanol–water partition coefficient (Wildman–Crippen LogP) is 4.27. The third-order valence-corrected chi connectivity index (χ3v) is 5.61. The molecule has 30 heavy (non-hydrogen) atoms. The van der Waals surface area contributed by atoms with Crippen LogP contribution in [0.4, 0.5) is 0 Å². The van der Waals surface area contributed by atoms with Gasteiger partial charge in [-0.05, 0) is 36.6 Å². The Morgan fingerprint density at radius 2 is 1.87 bits per heavy atom. The minimum Gasteiger partial charge on any atom is -0.440 e. The number of hydrogen-bond acceptors (Lipinski definition) is 4. The van der Waals surface area contributed by atoms with Crippen LogP contribution in [0.3, 0.4) is 0 Å². The Kier molecular flexibility index (Phi) is 5.35. The van der Waals surface area contributed by atoms with Crippen molar-refractivity contribution in [2.75, 3.05) is 0 Å². The number of benzene rings is 2. The molecule has 6 heteroatoms. The van der Waals surface area contributed by atoms with Crippen LogP contribution in [0.25, 0.3) is 0 Å². The molecule has 2 N–H and O–H groups in total. The number of nitriles is 1. The first-order valence-corrected chi connectivity index (χ1v) is 9.98. The lowest BCUT2D eigenvalue weighted by molar-refractivity contribution is 0.388. The van der Waals surface area contributed by atoms with Crippen molar-refractivity contribution in [1.82, 2.24) is 4.57 Å². The first kappa shape index (κ1) is 19.8. The summed E-state index contributed by atoms with van der Waals surface area (Å²) < 4.78 is 7.42. The Balaban J connectivity index is 1.83. The standard InChI is InChI=1S/C24H20ClN3O2/c1-15-13-20-22(24(29)28(15)12-11-16-5-3-2-4-6-16)21(19(14-26)23(27)30-20)17-7-9-18(25)10-8-17/h2-10,13,21H,11-12,27H2,1H3. The number of nitrogens with two attached hydrogens (primary N) is 1. The van der Waals surface area contributed by atoms with Gasteiger partial charge < -0.3 is 15.0 Å². The van der Waals surface area contributed by atoms with Crippen molar-refractivity contribution in [1.29, 1.82) is 5.26 Å². The zero-order valence-corrected chi connectivity index (χ0v) is 17.2. The molecule has 150 valence electrons. The van der Waals surface area contributed by atoms with Crippen LogP contribution < -0.4 is 16.0 Å². The number of aryl methyl sites for hydroxylation is 2. The number of ether oxygens (including phenoxy) is 1. The second-order valence-electron chi connectivity index (χ2n) is 7.23. The van der Waals surface area contributed by atoms with Gasteiger partial charge in [-0.2, -0.15) is 5.26 Å². The number of halogens is 1. The molecule has 0 saturated heterocycles. The van der Waals surface area contributed by atoms with Crippen molar-refractivity contribution in [3.8, 4) is 11.8 Å². The lowest BCUT2D eigenvalue weighted by atomic mass is 9.84. The maximum atomic E-state index is 13.6. The van der Waals surface area contributed by atoms with Gasteiger partial charge >= 0.3 is 0 Å². The fraction of sp³-hybridized carbons (Fsp3) is 0.167. The fourth-order valence-corrected chi connectivity index (χ4v) is 3.96. The molecule has 2 aromatic carbocycles. The molecular formula is C24H20ClN3O2. The maximum Gasteiger partial charge on any atom is 0.258 e. The lowest BCUT2D eigenvalue weighted by Gasteiger charge is -2.27. The molecule has 0 bridgehead atoms. The summed E-state index contributed by atoms with van der Waals surface area (Å²) in [7, 11) is 0. The van der Waals surface area contributed by atoms with Crippen LogP contribution in [0.1, 0.15) is 28.3 Å². The molecule has 0 amide bonds. The van der Waals surface area contributed by atoms with Crippen LogP contribution in [-0.4, -0.2) is 4.57 Å². The quantitative estimate of drug-likeness (QED) is 0.687. The van der Waals surface area contributed by atoms with Gasteiger partial charge in [-0.15, -0.1) is 0 Å². The SMILES string of the molecule is Cc1cc2c(c(=O)n1CCc1ccccc1)C(c1ccc(Cl)cc1)C(C#N)=C(N)O2. The Labute approximate surface area is 179 Å². The van der Waals surface area contributed by atoms with Crippen LogP contribution in [0.15, 0.2) is 76.9 Å². The van der Waals surface area contributed by atoms with Crippen molar-refractivity contribution in [3.63, 3.8) is 0 Å². The van der Waals surface area contributed by atoms with E-state index in [1.807, 2.05) is 43.3 Å². The van der Waals surface area contributed by atoms with Gasteiger partial charge in [0.25, 0.3) is 5.56 Å². The molecule has 1 aromatic heterocycles. The van der Waals surface area contributed by atoms with Crippen molar-refractivity contribution < 1.29 is 4.74 Å². The van der Waals surface area contributed by atoms with E-state index >= 15 is 0 Å². The van der Waals surface area contributed by atoms with Crippen molar-refractivity contribution in [2.24, 2.45) is 5.73 Å². The van der Waals surface area contributed by atoms with Crippen molar-refractivity contribution in [2.45, 2.75) is 25.8 Å². The summed E-state index contributed by atoms with van der Waals surface area (Å²) in [6.45, 7) is 2.39.